The van der Waals surface area contributed by atoms with Gasteiger partial charge >= 0.3 is 5.97 Å². The van der Waals surface area contributed by atoms with Gasteiger partial charge in [-0.25, -0.2) is 0 Å². The third-order valence-electron chi connectivity index (χ3n) is 3.59. The number of anilines is 1. The average molecular weight is 283 g/mol. The maximum atomic E-state index is 11.2. The molecule has 0 aliphatic rings. The van der Waals surface area contributed by atoms with Crippen LogP contribution in [-0.4, -0.2) is 17.6 Å². The van der Waals surface area contributed by atoms with Gasteiger partial charge in [-0.1, -0.05) is 41.5 Å². The van der Waals surface area contributed by atoms with E-state index in [1.165, 1.54) is 16.7 Å². The van der Waals surface area contributed by atoms with Gasteiger partial charge in [0.05, 0.1) is 0 Å². The van der Waals surface area contributed by atoms with Gasteiger partial charge in [-0.15, -0.1) is 0 Å². The molecule has 0 atom stereocenters. The number of aliphatic carboxylic acids is 1. The Kier molecular flexibility index (Phi) is 4.63. The van der Waals surface area contributed by atoms with Crippen LogP contribution in [0.25, 0.3) is 0 Å². The van der Waals surface area contributed by atoms with Crippen LogP contribution in [0.1, 0.15) is 22.3 Å². The molecule has 0 saturated heterocycles. The highest BCUT2D eigenvalue weighted by Gasteiger charge is 2.12. The second-order valence-corrected chi connectivity index (χ2v) is 5.52. The fourth-order valence-electron chi connectivity index (χ4n) is 2.33. The molecular weight excluding hydrogens is 262 g/mol. The first-order valence-electron chi connectivity index (χ1n) is 7.05. The van der Waals surface area contributed by atoms with E-state index in [0.29, 0.717) is 6.54 Å². The molecule has 0 aromatic heterocycles. The highest BCUT2D eigenvalue weighted by Crippen LogP contribution is 2.20. The quantitative estimate of drug-likeness (QED) is 0.909. The molecule has 1 N–H and O–H groups in total. The largest absolute Gasteiger partial charge is 0.480 e. The van der Waals surface area contributed by atoms with Gasteiger partial charge in [0.15, 0.2) is 0 Å². The number of carbonyl (C=O) groups is 1. The third kappa shape index (κ3) is 4.09. The van der Waals surface area contributed by atoms with Crippen LogP contribution in [0.2, 0.25) is 0 Å². The molecule has 0 saturated carbocycles. The summed E-state index contributed by atoms with van der Waals surface area (Å²) in [5.41, 5.74) is 5.64. The van der Waals surface area contributed by atoms with Crippen molar-refractivity contribution in [2.75, 3.05) is 11.4 Å². The number of rotatable bonds is 5. The molecule has 0 aliphatic heterocycles. The van der Waals surface area contributed by atoms with Crippen molar-refractivity contribution in [3.05, 3.63) is 64.7 Å². The van der Waals surface area contributed by atoms with Crippen molar-refractivity contribution < 1.29 is 9.90 Å². The smallest absolute Gasteiger partial charge is 0.323 e. The number of carboxylic acids is 1. The summed E-state index contributed by atoms with van der Waals surface area (Å²) in [6.07, 6.45) is 0. The predicted molar refractivity (Wildman–Crippen MR) is 85.8 cm³/mol. The third-order valence-corrected chi connectivity index (χ3v) is 3.59. The van der Waals surface area contributed by atoms with E-state index in [4.69, 9.17) is 5.11 Å². The zero-order valence-corrected chi connectivity index (χ0v) is 12.8. The topological polar surface area (TPSA) is 40.5 Å². The van der Waals surface area contributed by atoms with Crippen molar-refractivity contribution in [3.63, 3.8) is 0 Å². The van der Waals surface area contributed by atoms with E-state index in [1.807, 2.05) is 36.1 Å². The van der Waals surface area contributed by atoms with E-state index in [-0.39, 0.29) is 6.54 Å². The molecule has 0 heterocycles. The molecular formula is C18H21NO2. The lowest BCUT2D eigenvalue weighted by Crippen LogP contribution is -2.29. The normalized spacial score (nSPS) is 10.4. The minimum Gasteiger partial charge on any atom is -0.480 e. The SMILES string of the molecule is Cc1ccc(N(CC(=O)O)Cc2cc(C)ccc2C)cc1. The molecule has 0 radical (unpaired) electrons. The Bertz CT molecular complexity index is 632. The first-order valence-corrected chi connectivity index (χ1v) is 7.05. The summed E-state index contributed by atoms with van der Waals surface area (Å²) < 4.78 is 0. The Morgan fingerprint density at radius 2 is 1.62 bits per heavy atom. The van der Waals surface area contributed by atoms with Crippen molar-refractivity contribution in [1.29, 1.82) is 0 Å². The fraction of sp³-hybridized carbons (Fsp3) is 0.278. The standard InChI is InChI=1S/C18H21NO2/c1-13-5-8-17(9-6-13)19(12-18(20)21)11-16-10-14(2)4-7-15(16)3/h4-10H,11-12H2,1-3H3,(H,20,21). The Morgan fingerprint density at radius 1 is 1.00 bits per heavy atom. The summed E-state index contributed by atoms with van der Waals surface area (Å²) in [7, 11) is 0. The molecule has 0 bridgehead atoms. The van der Waals surface area contributed by atoms with Gasteiger partial charge < -0.3 is 10.0 Å². The van der Waals surface area contributed by atoms with E-state index in [9.17, 15) is 4.79 Å². The lowest BCUT2D eigenvalue weighted by atomic mass is 10.0. The zero-order valence-electron chi connectivity index (χ0n) is 12.8. The van der Waals surface area contributed by atoms with E-state index in [0.717, 1.165) is 11.3 Å². The van der Waals surface area contributed by atoms with Crippen LogP contribution in [0.15, 0.2) is 42.5 Å². The number of aryl methyl sites for hydroxylation is 3. The lowest BCUT2D eigenvalue weighted by molar-refractivity contribution is -0.135. The molecule has 110 valence electrons. The Hall–Kier alpha value is -2.29. The van der Waals surface area contributed by atoms with E-state index < -0.39 is 5.97 Å². The van der Waals surface area contributed by atoms with Gasteiger partial charge in [0.1, 0.15) is 6.54 Å². The summed E-state index contributed by atoms with van der Waals surface area (Å²) in [4.78, 5) is 13.0. The highest BCUT2D eigenvalue weighted by atomic mass is 16.4. The molecule has 21 heavy (non-hydrogen) atoms. The highest BCUT2D eigenvalue weighted by molar-refractivity contribution is 5.73. The van der Waals surface area contributed by atoms with Gasteiger partial charge in [-0.3, -0.25) is 4.79 Å². The molecule has 0 spiro atoms. The first-order chi connectivity index (χ1) is 9.95. The van der Waals surface area contributed by atoms with Crippen LogP contribution < -0.4 is 4.90 Å². The Morgan fingerprint density at radius 3 is 2.24 bits per heavy atom. The molecule has 0 aliphatic carbocycles. The number of hydrogen-bond acceptors (Lipinski definition) is 2. The number of benzene rings is 2. The van der Waals surface area contributed by atoms with Crippen LogP contribution >= 0.6 is 0 Å². The van der Waals surface area contributed by atoms with Crippen molar-refractivity contribution >= 4 is 11.7 Å². The maximum Gasteiger partial charge on any atom is 0.323 e. The van der Waals surface area contributed by atoms with Gasteiger partial charge in [-0.05, 0) is 44.0 Å². The van der Waals surface area contributed by atoms with Gasteiger partial charge in [0.25, 0.3) is 0 Å². The van der Waals surface area contributed by atoms with Crippen molar-refractivity contribution in [3.8, 4) is 0 Å². The molecule has 3 nitrogen and oxygen atoms in total. The zero-order chi connectivity index (χ0) is 15.4. The van der Waals surface area contributed by atoms with Crippen LogP contribution in [0, 0.1) is 20.8 Å². The Balaban J connectivity index is 2.30. The van der Waals surface area contributed by atoms with Crippen LogP contribution in [0.4, 0.5) is 5.69 Å². The van der Waals surface area contributed by atoms with Crippen LogP contribution in [0.3, 0.4) is 0 Å². The van der Waals surface area contributed by atoms with Crippen LogP contribution in [0.5, 0.6) is 0 Å². The first kappa shape index (κ1) is 15.1. The fourth-order valence-corrected chi connectivity index (χ4v) is 2.33. The van der Waals surface area contributed by atoms with Crippen molar-refractivity contribution in [2.24, 2.45) is 0 Å². The summed E-state index contributed by atoms with van der Waals surface area (Å²) in [6, 6.07) is 14.2. The van der Waals surface area contributed by atoms with E-state index in [2.05, 4.69) is 32.0 Å². The Labute approximate surface area is 125 Å². The number of nitrogens with zero attached hydrogens (tertiary/aromatic N) is 1. The van der Waals surface area contributed by atoms with Gasteiger partial charge in [0.2, 0.25) is 0 Å². The lowest BCUT2D eigenvalue weighted by Gasteiger charge is -2.24. The molecule has 2 rings (SSSR count). The minimum absolute atomic E-state index is 0.00353. The van der Waals surface area contributed by atoms with Crippen molar-refractivity contribution in [1.82, 2.24) is 0 Å². The van der Waals surface area contributed by atoms with Gasteiger partial charge in [0, 0.05) is 12.2 Å². The summed E-state index contributed by atoms with van der Waals surface area (Å²) in [5.74, 6) is -0.819. The molecule has 0 fully saturated rings. The molecule has 2 aromatic carbocycles. The monoisotopic (exact) mass is 283 g/mol. The number of carboxylic acid groups (broad SMARTS) is 1. The maximum absolute atomic E-state index is 11.2. The molecule has 2 aromatic rings. The minimum atomic E-state index is -0.819. The average Bonchev–Trinajstić information content (AvgIpc) is 2.42. The molecule has 0 amide bonds. The van der Waals surface area contributed by atoms with E-state index in [1.54, 1.807) is 0 Å². The van der Waals surface area contributed by atoms with Crippen LogP contribution in [-0.2, 0) is 11.3 Å². The second-order valence-electron chi connectivity index (χ2n) is 5.52. The number of hydrogen-bond donors (Lipinski definition) is 1. The summed E-state index contributed by atoms with van der Waals surface area (Å²) in [5, 5.41) is 9.16. The van der Waals surface area contributed by atoms with E-state index >= 15 is 0 Å². The van der Waals surface area contributed by atoms with Crippen molar-refractivity contribution in [2.45, 2.75) is 27.3 Å². The predicted octanol–water partition coefficient (Wildman–Crippen LogP) is 3.70. The molecule has 3 heteroatoms. The van der Waals surface area contributed by atoms with Gasteiger partial charge in [-0.2, -0.15) is 0 Å². The molecule has 0 unspecified atom stereocenters. The summed E-state index contributed by atoms with van der Waals surface area (Å²) >= 11 is 0. The summed E-state index contributed by atoms with van der Waals surface area (Å²) in [6.45, 7) is 6.73. The second kappa shape index (κ2) is 6.44.